The lowest BCUT2D eigenvalue weighted by Crippen LogP contribution is -2.45. The van der Waals surface area contributed by atoms with Gasteiger partial charge in [0, 0.05) is 46.1 Å². The van der Waals surface area contributed by atoms with Crippen molar-refractivity contribution in [3.05, 3.63) is 46.5 Å². The van der Waals surface area contributed by atoms with Gasteiger partial charge in [0.05, 0.1) is 11.5 Å². The van der Waals surface area contributed by atoms with Gasteiger partial charge in [-0.15, -0.1) is 0 Å². The smallest absolute Gasteiger partial charge is 0.266 e. The molecule has 0 aromatic heterocycles. The van der Waals surface area contributed by atoms with Crippen molar-refractivity contribution in [3.63, 3.8) is 0 Å². The van der Waals surface area contributed by atoms with Crippen LogP contribution in [0, 0.1) is 0 Å². The topological polar surface area (TPSA) is 184 Å². The molecule has 14 heteroatoms. The highest BCUT2D eigenvalue weighted by atomic mass is 32.2. The van der Waals surface area contributed by atoms with E-state index in [0.29, 0.717) is 9.80 Å². The van der Waals surface area contributed by atoms with Crippen LogP contribution in [0.2, 0.25) is 0 Å². The molecule has 2 aliphatic rings. The van der Waals surface area contributed by atoms with Crippen molar-refractivity contribution in [2.24, 2.45) is 0 Å². The number of hydrogen-bond acceptors (Lipinski definition) is 8. The van der Waals surface area contributed by atoms with Crippen LogP contribution in [0.5, 0.6) is 0 Å². The summed E-state index contributed by atoms with van der Waals surface area (Å²) < 4.78 is 62.1. The van der Waals surface area contributed by atoms with Crippen LogP contribution in [0.3, 0.4) is 0 Å². The number of hydrogen-bond donors (Lipinski definition) is 2. The highest BCUT2D eigenvalue weighted by Gasteiger charge is 2.39. The van der Waals surface area contributed by atoms with Crippen molar-refractivity contribution < 1.29 is 45.1 Å². The van der Waals surface area contributed by atoms with Crippen LogP contribution in [0.1, 0.15) is 41.4 Å². The van der Waals surface area contributed by atoms with Gasteiger partial charge in [-0.25, -0.2) is 0 Å². The Morgan fingerprint density at radius 1 is 0.562 bits per heavy atom. The van der Waals surface area contributed by atoms with Gasteiger partial charge in [0.2, 0.25) is 0 Å². The number of imide groups is 2. The lowest BCUT2D eigenvalue weighted by atomic mass is 9.86. The molecule has 2 heterocycles. The Morgan fingerprint density at radius 3 is 1.03 bits per heavy atom. The lowest BCUT2D eigenvalue weighted by molar-refractivity contribution is 0.0598. The molecule has 0 radical (unpaired) electrons. The monoisotopic (exact) mass is 482 g/mol. The minimum Gasteiger partial charge on any atom is -0.285 e. The highest BCUT2D eigenvalue weighted by molar-refractivity contribution is 7.86. The number of amides is 4. The zero-order valence-electron chi connectivity index (χ0n) is 16.0. The van der Waals surface area contributed by atoms with E-state index in [1.54, 1.807) is 0 Å². The Kier molecular flexibility index (Phi) is 4.93. The molecule has 2 N–H and O–H groups in total. The molecule has 2 aliphatic heterocycles. The molecule has 0 saturated carbocycles. The number of carbonyl (C=O) groups is 4. The Bertz CT molecular complexity index is 1280. The summed E-state index contributed by atoms with van der Waals surface area (Å²) in [4.78, 5) is 52.7. The van der Waals surface area contributed by atoms with Gasteiger partial charge >= 0.3 is 0 Å². The summed E-state index contributed by atoms with van der Waals surface area (Å²) in [6.07, 6.45) is 0. The number of benzene rings is 2. The second kappa shape index (κ2) is 7.16. The summed E-state index contributed by atoms with van der Waals surface area (Å²) in [6.45, 7) is -1.19. The Morgan fingerprint density at radius 2 is 0.812 bits per heavy atom. The minimum absolute atomic E-state index is 0.0393. The van der Waals surface area contributed by atoms with Crippen LogP contribution < -0.4 is 0 Å². The van der Waals surface area contributed by atoms with E-state index in [4.69, 9.17) is 9.11 Å². The fourth-order valence-corrected chi connectivity index (χ4v) is 4.62. The van der Waals surface area contributed by atoms with E-state index in [-0.39, 0.29) is 33.0 Å². The molecule has 32 heavy (non-hydrogen) atoms. The zero-order valence-corrected chi connectivity index (χ0v) is 17.6. The molecule has 0 bridgehead atoms. The first-order valence-corrected chi connectivity index (χ1v) is 12.2. The molecule has 2 aromatic rings. The summed E-state index contributed by atoms with van der Waals surface area (Å²) in [7, 11) is -8.89. The fourth-order valence-electron chi connectivity index (χ4n) is 3.79. The maximum Gasteiger partial charge on any atom is 0.266 e. The molecule has 0 unspecified atom stereocenters. The third-order valence-corrected chi connectivity index (χ3v) is 6.61. The van der Waals surface area contributed by atoms with E-state index in [1.807, 2.05) is 0 Å². The number of nitrogens with zero attached hydrogens (tertiary/aromatic N) is 2. The van der Waals surface area contributed by atoms with Gasteiger partial charge < -0.3 is 0 Å². The van der Waals surface area contributed by atoms with E-state index in [0.717, 1.165) is 0 Å². The maximum absolute atomic E-state index is 12.9. The zero-order chi connectivity index (χ0) is 23.6. The largest absolute Gasteiger partial charge is 0.285 e. The van der Waals surface area contributed by atoms with Crippen molar-refractivity contribution in [2.75, 3.05) is 24.6 Å². The molecule has 0 fully saturated rings. The molecule has 0 atom stereocenters. The normalized spacial score (nSPS) is 16.3. The summed E-state index contributed by atoms with van der Waals surface area (Å²) in [5, 5.41) is 0.100. The Hall–Kier alpha value is -3.20. The molecule has 0 saturated heterocycles. The molecule has 4 rings (SSSR count). The van der Waals surface area contributed by atoms with Crippen molar-refractivity contribution in [3.8, 4) is 0 Å². The van der Waals surface area contributed by atoms with Gasteiger partial charge in [-0.2, -0.15) is 16.8 Å². The maximum atomic E-state index is 12.9. The van der Waals surface area contributed by atoms with Crippen molar-refractivity contribution >= 4 is 54.6 Å². The van der Waals surface area contributed by atoms with Crippen LogP contribution in [0.25, 0.3) is 10.8 Å². The first-order valence-electron chi connectivity index (χ1n) is 9.02. The molecule has 168 valence electrons. The van der Waals surface area contributed by atoms with Crippen LogP contribution in [0.4, 0.5) is 0 Å². The highest BCUT2D eigenvalue weighted by Crippen LogP contribution is 2.37. The third-order valence-electron chi connectivity index (χ3n) is 5.21. The van der Waals surface area contributed by atoms with Crippen LogP contribution in [-0.4, -0.2) is 84.0 Å². The lowest BCUT2D eigenvalue weighted by Gasteiger charge is -2.31. The minimum atomic E-state index is -4.45. The number of carbonyl (C=O) groups excluding carboxylic acids is 4. The van der Waals surface area contributed by atoms with Crippen LogP contribution in [0.15, 0.2) is 24.3 Å². The first kappa shape index (κ1) is 22.0. The van der Waals surface area contributed by atoms with Gasteiger partial charge in [0.25, 0.3) is 43.9 Å². The fraction of sp³-hybridized carbons (Fsp3) is 0.222. The van der Waals surface area contributed by atoms with Crippen molar-refractivity contribution in [2.45, 2.75) is 0 Å². The van der Waals surface area contributed by atoms with E-state index >= 15 is 0 Å². The average molecular weight is 482 g/mol. The molecule has 0 aliphatic carbocycles. The first-order chi connectivity index (χ1) is 14.8. The summed E-state index contributed by atoms with van der Waals surface area (Å²) in [5.74, 6) is -5.16. The third kappa shape index (κ3) is 3.56. The van der Waals surface area contributed by atoms with Gasteiger partial charge in [-0.05, 0) is 24.3 Å². The second-order valence-corrected chi connectivity index (χ2v) is 10.3. The average Bonchev–Trinajstić information content (AvgIpc) is 2.68. The standard InChI is InChI=1S/C18H14N2O10S2/c21-15-9-1-2-10-14-12(18(24)20(16(10)22)6-8-32(28,29)30)4-3-11(13(9)14)17(23)19(15)5-7-31(25,26)27/h1-4H,5-8H2,(H,25,26,27)(H,28,29,30). The van der Waals surface area contributed by atoms with Crippen LogP contribution >= 0.6 is 0 Å². The molecule has 4 amide bonds. The van der Waals surface area contributed by atoms with Gasteiger partial charge in [-0.3, -0.25) is 38.1 Å². The van der Waals surface area contributed by atoms with Crippen molar-refractivity contribution in [1.29, 1.82) is 0 Å². The van der Waals surface area contributed by atoms with Crippen molar-refractivity contribution in [1.82, 2.24) is 9.80 Å². The summed E-state index contributed by atoms with van der Waals surface area (Å²) in [5.41, 5.74) is -0.157. The summed E-state index contributed by atoms with van der Waals surface area (Å²) in [6, 6.07) is 4.98. The van der Waals surface area contributed by atoms with Gasteiger partial charge in [-0.1, -0.05) is 0 Å². The van der Waals surface area contributed by atoms with Gasteiger partial charge in [0.15, 0.2) is 0 Å². The Labute approximate surface area is 180 Å². The second-order valence-electron chi connectivity index (χ2n) is 7.17. The van der Waals surface area contributed by atoms with Crippen LogP contribution in [-0.2, 0) is 20.2 Å². The molecule has 2 aromatic carbocycles. The molecule has 12 nitrogen and oxygen atoms in total. The predicted octanol–water partition coefficient (Wildman–Crippen LogP) is -0.193. The van der Waals surface area contributed by atoms with E-state index < -0.39 is 68.5 Å². The molecular weight excluding hydrogens is 468 g/mol. The van der Waals surface area contributed by atoms with E-state index in [2.05, 4.69) is 0 Å². The molecule has 0 spiro atoms. The number of rotatable bonds is 6. The molecular formula is C18H14N2O10S2. The quantitative estimate of drug-likeness (QED) is 0.413. The van der Waals surface area contributed by atoms with E-state index in [1.165, 1.54) is 24.3 Å². The SMILES string of the molecule is O=C1c2ccc3c4c(ccc(c24)C(=O)N1CCS(=O)(=O)O)C(=O)N(CCS(=O)(=O)O)C3=O. The Balaban J connectivity index is 1.83. The predicted molar refractivity (Wildman–Crippen MR) is 108 cm³/mol. The summed E-state index contributed by atoms with van der Waals surface area (Å²) >= 11 is 0. The van der Waals surface area contributed by atoms with E-state index in [9.17, 15) is 36.0 Å². The van der Waals surface area contributed by atoms with Gasteiger partial charge in [0.1, 0.15) is 0 Å².